The van der Waals surface area contributed by atoms with Gasteiger partial charge in [-0.2, -0.15) is 5.10 Å². The van der Waals surface area contributed by atoms with Crippen LogP contribution in [-0.2, 0) is 6.54 Å². The minimum absolute atomic E-state index is 0.410. The zero-order valence-corrected chi connectivity index (χ0v) is 20.5. The molecule has 6 heteroatoms. The molecule has 1 N–H and O–H groups in total. The Labute approximate surface area is 202 Å². The normalized spacial score (nSPS) is 12.3. The van der Waals surface area contributed by atoms with E-state index in [4.69, 9.17) is 21.4 Å². The Kier molecular flexibility index (Phi) is 9.12. The Hall–Kier alpha value is -2.60. The van der Waals surface area contributed by atoms with Crippen molar-refractivity contribution < 1.29 is 9.84 Å². The molecule has 3 rings (SSSR count). The highest BCUT2D eigenvalue weighted by Gasteiger charge is 2.23. The number of hydrogen-bond acceptors (Lipinski definition) is 4. The number of halogens is 1. The van der Waals surface area contributed by atoms with Gasteiger partial charge in [-0.05, 0) is 62.1 Å². The maximum Gasteiger partial charge on any atom is 0.227 e. The van der Waals surface area contributed by atoms with Crippen LogP contribution in [0.5, 0.6) is 11.6 Å². The number of aryl methyl sites for hydroxylation is 1. The Balaban J connectivity index is 1.96. The van der Waals surface area contributed by atoms with Gasteiger partial charge in [0.2, 0.25) is 5.88 Å². The summed E-state index contributed by atoms with van der Waals surface area (Å²) >= 11 is 6.07. The standard InChI is InChI=1S/C27H34ClN3O2/c1-5-6-12-24(32)18-30(17-20(2)3)19-26-21(4)29-31(23-10-8-7-9-11-23)27(26)33-25-15-13-22(28)14-16-25/h5,7-11,13-16,20,24,32H,1,6,12,17-19H2,2-4H3. The highest BCUT2D eigenvalue weighted by molar-refractivity contribution is 6.30. The number of aromatic nitrogens is 2. The molecule has 176 valence electrons. The summed E-state index contributed by atoms with van der Waals surface area (Å²) < 4.78 is 8.23. The number of nitrogens with zero attached hydrogens (tertiary/aromatic N) is 3. The molecule has 0 saturated carbocycles. The molecular weight excluding hydrogens is 434 g/mol. The number of allylic oxidation sites excluding steroid dienone is 1. The fraction of sp³-hybridized carbons (Fsp3) is 0.370. The quantitative estimate of drug-likeness (QED) is 0.312. The maximum atomic E-state index is 10.6. The smallest absolute Gasteiger partial charge is 0.227 e. The van der Waals surface area contributed by atoms with Gasteiger partial charge in [-0.3, -0.25) is 4.90 Å². The summed E-state index contributed by atoms with van der Waals surface area (Å²) in [5.74, 6) is 1.83. The Morgan fingerprint density at radius 3 is 2.45 bits per heavy atom. The largest absolute Gasteiger partial charge is 0.439 e. The van der Waals surface area contributed by atoms with Gasteiger partial charge in [-0.15, -0.1) is 6.58 Å². The van der Waals surface area contributed by atoms with Crippen LogP contribution in [-0.4, -0.2) is 39.0 Å². The van der Waals surface area contributed by atoms with Crippen LogP contribution < -0.4 is 4.74 Å². The van der Waals surface area contributed by atoms with Crippen LogP contribution in [0.3, 0.4) is 0 Å². The van der Waals surface area contributed by atoms with E-state index < -0.39 is 6.10 Å². The molecule has 0 saturated heterocycles. The SMILES string of the molecule is C=CCCC(O)CN(Cc1c(C)nn(-c2ccccc2)c1Oc1ccc(Cl)cc1)CC(C)C. The molecule has 1 aromatic heterocycles. The van der Waals surface area contributed by atoms with Crippen molar-refractivity contribution in [3.05, 3.63) is 83.5 Å². The summed E-state index contributed by atoms with van der Waals surface area (Å²) in [5, 5.41) is 16.0. The first-order chi connectivity index (χ1) is 15.9. The van der Waals surface area contributed by atoms with Gasteiger partial charge in [-0.25, -0.2) is 4.68 Å². The molecule has 0 aliphatic rings. The molecule has 1 heterocycles. The van der Waals surface area contributed by atoms with Crippen LogP contribution in [0, 0.1) is 12.8 Å². The van der Waals surface area contributed by atoms with Crippen LogP contribution in [0.2, 0.25) is 5.02 Å². The third-order valence-corrected chi connectivity index (χ3v) is 5.60. The molecular formula is C27H34ClN3O2. The van der Waals surface area contributed by atoms with E-state index in [1.807, 2.05) is 72.3 Å². The molecule has 2 aromatic carbocycles. The van der Waals surface area contributed by atoms with Gasteiger partial charge in [0.25, 0.3) is 0 Å². The van der Waals surface area contributed by atoms with E-state index in [1.165, 1.54) is 0 Å². The summed E-state index contributed by atoms with van der Waals surface area (Å²) in [4.78, 5) is 2.28. The first-order valence-electron chi connectivity index (χ1n) is 11.5. The molecule has 33 heavy (non-hydrogen) atoms. The van der Waals surface area contributed by atoms with Gasteiger partial charge < -0.3 is 9.84 Å². The van der Waals surface area contributed by atoms with E-state index in [2.05, 4.69) is 25.3 Å². The first-order valence-corrected chi connectivity index (χ1v) is 11.8. The number of benzene rings is 2. The summed E-state index contributed by atoms with van der Waals surface area (Å²) in [7, 11) is 0. The molecule has 1 atom stereocenters. The Morgan fingerprint density at radius 2 is 1.82 bits per heavy atom. The van der Waals surface area contributed by atoms with Crippen LogP contribution in [0.15, 0.2) is 67.3 Å². The highest BCUT2D eigenvalue weighted by Crippen LogP contribution is 2.32. The van der Waals surface area contributed by atoms with Gasteiger partial charge in [0, 0.05) is 24.7 Å². The van der Waals surface area contributed by atoms with Crippen LogP contribution in [0.4, 0.5) is 0 Å². The van der Waals surface area contributed by atoms with Crippen molar-refractivity contribution in [1.82, 2.24) is 14.7 Å². The summed E-state index contributed by atoms with van der Waals surface area (Å²) in [6, 6.07) is 17.3. The fourth-order valence-electron chi connectivity index (χ4n) is 3.83. The lowest BCUT2D eigenvalue weighted by molar-refractivity contribution is 0.0952. The zero-order chi connectivity index (χ0) is 23.8. The van der Waals surface area contributed by atoms with E-state index in [9.17, 15) is 5.11 Å². The number of ether oxygens (including phenoxy) is 1. The van der Waals surface area contributed by atoms with Gasteiger partial charge in [0.1, 0.15) is 5.75 Å². The summed E-state index contributed by atoms with van der Waals surface area (Å²) in [6.07, 6.45) is 2.94. The Morgan fingerprint density at radius 1 is 1.12 bits per heavy atom. The van der Waals surface area contributed by atoms with Gasteiger partial charge in [0.15, 0.2) is 0 Å². The molecule has 0 bridgehead atoms. The summed E-state index contributed by atoms with van der Waals surface area (Å²) in [6.45, 7) is 12.2. The number of para-hydroxylation sites is 1. The summed E-state index contributed by atoms with van der Waals surface area (Å²) in [5.41, 5.74) is 2.83. The van der Waals surface area contributed by atoms with Crippen molar-refractivity contribution in [2.24, 2.45) is 5.92 Å². The third-order valence-electron chi connectivity index (χ3n) is 5.34. The van der Waals surface area contributed by atoms with E-state index in [0.29, 0.717) is 42.1 Å². The van der Waals surface area contributed by atoms with Crippen molar-refractivity contribution in [3.8, 4) is 17.3 Å². The van der Waals surface area contributed by atoms with Crippen LogP contribution >= 0.6 is 11.6 Å². The molecule has 0 aliphatic carbocycles. The molecule has 3 aromatic rings. The second kappa shape index (κ2) is 12.0. The average molecular weight is 468 g/mol. The zero-order valence-electron chi connectivity index (χ0n) is 19.7. The van der Waals surface area contributed by atoms with E-state index in [0.717, 1.165) is 29.9 Å². The Bertz CT molecular complexity index is 1020. The molecule has 0 spiro atoms. The molecule has 0 amide bonds. The highest BCUT2D eigenvalue weighted by atomic mass is 35.5. The first kappa shape index (κ1) is 25.0. The topological polar surface area (TPSA) is 50.5 Å². The predicted octanol–water partition coefficient (Wildman–Crippen LogP) is 6.41. The average Bonchev–Trinajstić information content (AvgIpc) is 3.09. The molecule has 1 unspecified atom stereocenters. The van der Waals surface area contributed by atoms with Crippen LogP contribution in [0.25, 0.3) is 5.69 Å². The number of hydrogen-bond donors (Lipinski definition) is 1. The van der Waals surface area contributed by atoms with Crippen molar-refractivity contribution in [1.29, 1.82) is 0 Å². The van der Waals surface area contributed by atoms with Crippen LogP contribution in [0.1, 0.15) is 37.9 Å². The molecule has 0 radical (unpaired) electrons. The third kappa shape index (κ3) is 7.19. The van der Waals surface area contributed by atoms with Crippen molar-refractivity contribution in [2.75, 3.05) is 13.1 Å². The molecule has 0 fully saturated rings. The van der Waals surface area contributed by atoms with Gasteiger partial charge >= 0.3 is 0 Å². The lowest BCUT2D eigenvalue weighted by Crippen LogP contribution is -2.35. The minimum Gasteiger partial charge on any atom is -0.439 e. The number of rotatable bonds is 12. The second-order valence-electron chi connectivity index (χ2n) is 8.78. The predicted molar refractivity (Wildman–Crippen MR) is 135 cm³/mol. The van der Waals surface area contributed by atoms with Crippen molar-refractivity contribution in [3.63, 3.8) is 0 Å². The van der Waals surface area contributed by atoms with Gasteiger partial charge in [0.05, 0.1) is 23.0 Å². The van der Waals surface area contributed by atoms with Crippen molar-refractivity contribution >= 4 is 11.6 Å². The lowest BCUT2D eigenvalue weighted by Gasteiger charge is -2.27. The molecule has 0 aliphatic heterocycles. The monoisotopic (exact) mass is 467 g/mol. The molecule has 5 nitrogen and oxygen atoms in total. The van der Waals surface area contributed by atoms with E-state index in [-0.39, 0.29) is 0 Å². The van der Waals surface area contributed by atoms with E-state index in [1.54, 1.807) is 0 Å². The maximum absolute atomic E-state index is 10.6. The number of aliphatic hydroxyl groups is 1. The van der Waals surface area contributed by atoms with Crippen molar-refractivity contribution in [2.45, 2.75) is 46.3 Å². The number of aliphatic hydroxyl groups excluding tert-OH is 1. The lowest BCUT2D eigenvalue weighted by atomic mass is 10.1. The van der Waals surface area contributed by atoms with Gasteiger partial charge in [-0.1, -0.05) is 49.7 Å². The van der Waals surface area contributed by atoms with E-state index >= 15 is 0 Å². The minimum atomic E-state index is -0.410. The second-order valence-corrected chi connectivity index (χ2v) is 9.22. The fourth-order valence-corrected chi connectivity index (χ4v) is 3.95.